The van der Waals surface area contributed by atoms with Crippen molar-refractivity contribution >= 4 is 11.9 Å². The highest BCUT2D eigenvalue weighted by Gasteiger charge is 2.26. The first kappa shape index (κ1) is 18.0. The van der Waals surface area contributed by atoms with Gasteiger partial charge in [0.1, 0.15) is 5.69 Å². The molecule has 0 spiro atoms. The predicted octanol–water partition coefficient (Wildman–Crippen LogP) is 1.85. The summed E-state index contributed by atoms with van der Waals surface area (Å²) in [6.45, 7) is 0. The number of carbonyl (C=O) groups excluding carboxylic acids is 2. The van der Waals surface area contributed by atoms with Crippen molar-refractivity contribution in [3.63, 3.8) is 0 Å². The van der Waals surface area contributed by atoms with E-state index in [2.05, 4.69) is 14.7 Å². The molecule has 0 aliphatic rings. The quantitative estimate of drug-likeness (QED) is 0.650. The first-order valence-corrected chi connectivity index (χ1v) is 7.91. The number of benzene rings is 1. The van der Waals surface area contributed by atoms with Crippen molar-refractivity contribution in [3.8, 4) is 17.3 Å². The summed E-state index contributed by atoms with van der Waals surface area (Å²) in [6.07, 6.45) is 1.53. The number of nitrogens with zero attached hydrogens (tertiary/aromatic N) is 3. The number of esters is 2. The van der Waals surface area contributed by atoms with E-state index in [0.29, 0.717) is 5.69 Å². The first-order chi connectivity index (χ1) is 13.0. The average Bonchev–Trinajstić information content (AvgIpc) is 2.72. The molecule has 2 heterocycles. The number of carbonyl (C=O) groups is 2. The number of aromatic nitrogens is 3. The van der Waals surface area contributed by atoms with Crippen LogP contribution in [0, 0.1) is 0 Å². The zero-order valence-corrected chi connectivity index (χ0v) is 14.6. The summed E-state index contributed by atoms with van der Waals surface area (Å²) >= 11 is 0. The van der Waals surface area contributed by atoms with Gasteiger partial charge in [-0.25, -0.2) is 14.6 Å². The minimum absolute atomic E-state index is 0.139. The standard InChI is InChI=1S/C19H15N3O5/c1-22-16(13-10-6-7-11-20-13)21-14(19(25)26-2)15(17(22)23)27-18(24)12-8-4-3-5-9-12/h3-11H,1-2H3. The van der Waals surface area contributed by atoms with Crippen molar-refractivity contribution in [3.05, 3.63) is 76.3 Å². The lowest BCUT2D eigenvalue weighted by Gasteiger charge is -2.12. The average molecular weight is 365 g/mol. The second-order valence-corrected chi connectivity index (χ2v) is 5.44. The van der Waals surface area contributed by atoms with Crippen LogP contribution in [0.5, 0.6) is 5.75 Å². The molecule has 3 rings (SSSR count). The van der Waals surface area contributed by atoms with Crippen LogP contribution in [0.2, 0.25) is 0 Å². The van der Waals surface area contributed by atoms with Crippen molar-refractivity contribution in [1.29, 1.82) is 0 Å². The van der Waals surface area contributed by atoms with Crippen LogP contribution in [0.25, 0.3) is 11.5 Å². The van der Waals surface area contributed by atoms with Gasteiger partial charge in [-0.1, -0.05) is 24.3 Å². The number of ether oxygens (including phenoxy) is 2. The van der Waals surface area contributed by atoms with Crippen LogP contribution in [0.15, 0.2) is 59.5 Å². The Hall–Kier alpha value is -3.81. The number of hydrogen-bond donors (Lipinski definition) is 0. The largest absolute Gasteiger partial charge is 0.464 e. The molecular weight excluding hydrogens is 350 g/mol. The molecule has 0 fully saturated rings. The van der Waals surface area contributed by atoms with Gasteiger partial charge in [-0.2, -0.15) is 0 Å². The van der Waals surface area contributed by atoms with Gasteiger partial charge in [0.2, 0.25) is 5.75 Å². The molecule has 136 valence electrons. The fourth-order valence-corrected chi connectivity index (χ4v) is 2.36. The summed E-state index contributed by atoms with van der Waals surface area (Å²) in [5.41, 5.74) is -0.506. The lowest BCUT2D eigenvalue weighted by molar-refractivity contribution is 0.0584. The lowest BCUT2D eigenvalue weighted by Crippen LogP contribution is -2.28. The monoisotopic (exact) mass is 365 g/mol. The zero-order chi connectivity index (χ0) is 19.4. The normalized spacial score (nSPS) is 10.3. The van der Waals surface area contributed by atoms with E-state index in [1.165, 1.54) is 25.4 Å². The molecule has 0 atom stereocenters. The van der Waals surface area contributed by atoms with E-state index in [1.807, 2.05) is 0 Å². The Bertz CT molecular complexity index is 1050. The van der Waals surface area contributed by atoms with Gasteiger partial charge in [0.05, 0.1) is 12.7 Å². The molecule has 0 bridgehead atoms. The molecule has 0 saturated heterocycles. The summed E-state index contributed by atoms with van der Waals surface area (Å²) < 4.78 is 11.0. The van der Waals surface area contributed by atoms with Gasteiger partial charge in [0, 0.05) is 13.2 Å². The summed E-state index contributed by atoms with van der Waals surface area (Å²) in [5, 5.41) is 0. The van der Waals surface area contributed by atoms with E-state index >= 15 is 0 Å². The molecule has 8 nitrogen and oxygen atoms in total. The smallest absolute Gasteiger partial charge is 0.360 e. The minimum Gasteiger partial charge on any atom is -0.464 e. The van der Waals surface area contributed by atoms with E-state index in [-0.39, 0.29) is 11.4 Å². The Morgan fingerprint density at radius 1 is 1.00 bits per heavy atom. The molecule has 27 heavy (non-hydrogen) atoms. The second-order valence-electron chi connectivity index (χ2n) is 5.44. The number of rotatable bonds is 4. The summed E-state index contributed by atoms with van der Waals surface area (Å²) in [7, 11) is 2.59. The summed E-state index contributed by atoms with van der Waals surface area (Å²) in [6, 6.07) is 13.2. The van der Waals surface area contributed by atoms with Crippen LogP contribution in [-0.4, -0.2) is 33.6 Å². The number of pyridine rings is 1. The Morgan fingerprint density at radius 3 is 2.33 bits per heavy atom. The molecule has 8 heteroatoms. The maximum absolute atomic E-state index is 12.8. The topological polar surface area (TPSA) is 100 Å². The van der Waals surface area contributed by atoms with Gasteiger partial charge in [-0.15, -0.1) is 0 Å². The molecule has 2 aromatic heterocycles. The van der Waals surface area contributed by atoms with Crippen LogP contribution < -0.4 is 10.3 Å². The third-order valence-electron chi connectivity index (χ3n) is 3.73. The predicted molar refractivity (Wildman–Crippen MR) is 95.4 cm³/mol. The molecule has 0 N–H and O–H groups in total. The van der Waals surface area contributed by atoms with Crippen LogP contribution in [0.4, 0.5) is 0 Å². The highest BCUT2D eigenvalue weighted by atomic mass is 16.5. The van der Waals surface area contributed by atoms with Gasteiger partial charge < -0.3 is 9.47 Å². The Morgan fingerprint density at radius 2 is 1.70 bits per heavy atom. The third kappa shape index (κ3) is 3.59. The lowest BCUT2D eigenvalue weighted by atomic mass is 10.2. The molecule has 3 aromatic rings. The fraction of sp³-hybridized carbons (Fsp3) is 0.105. The van der Waals surface area contributed by atoms with E-state index < -0.39 is 28.9 Å². The molecule has 1 aromatic carbocycles. The van der Waals surface area contributed by atoms with Crippen molar-refractivity contribution in [2.45, 2.75) is 0 Å². The molecule has 0 radical (unpaired) electrons. The maximum atomic E-state index is 12.8. The third-order valence-corrected chi connectivity index (χ3v) is 3.73. The second kappa shape index (κ2) is 7.61. The van der Waals surface area contributed by atoms with Crippen LogP contribution in [0.1, 0.15) is 20.8 Å². The van der Waals surface area contributed by atoms with Gasteiger partial charge in [-0.3, -0.25) is 14.3 Å². The molecule has 0 aliphatic heterocycles. The van der Waals surface area contributed by atoms with Crippen LogP contribution >= 0.6 is 0 Å². The first-order valence-electron chi connectivity index (χ1n) is 7.91. The summed E-state index contributed by atoms with van der Waals surface area (Å²) in [4.78, 5) is 45.6. The zero-order valence-electron chi connectivity index (χ0n) is 14.6. The molecular formula is C19H15N3O5. The molecule has 0 unspecified atom stereocenters. The minimum atomic E-state index is -0.902. The van der Waals surface area contributed by atoms with Gasteiger partial charge in [0.15, 0.2) is 11.5 Å². The van der Waals surface area contributed by atoms with Gasteiger partial charge in [0.25, 0.3) is 5.56 Å². The Balaban J connectivity index is 2.13. The highest BCUT2D eigenvalue weighted by molar-refractivity contribution is 5.95. The van der Waals surface area contributed by atoms with Gasteiger partial charge in [-0.05, 0) is 24.3 Å². The van der Waals surface area contributed by atoms with Crippen LogP contribution in [-0.2, 0) is 11.8 Å². The van der Waals surface area contributed by atoms with Crippen molar-refractivity contribution in [2.24, 2.45) is 7.05 Å². The Kier molecular flexibility index (Phi) is 5.07. The van der Waals surface area contributed by atoms with E-state index in [4.69, 9.17) is 4.74 Å². The van der Waals surface area contributed by atoms with Crippen molar-refractivity contribution < 1.29 is 19.1 Å². The molecule has 0 aliphatic carbocycles. The van der Waals surface area contributed by atoms with E-state index in [9.17, 15) is 14.4 Å². The fourth-order valence-electron chi connectivity index (χ4n) is 2.36. The number of methoxy groups -OCH3 is 1. The van der Waals surface area contributed by atoms with Crippen molar-refractivity contribution in [1.82, 2.24) is 14.5 Å². The maximum Gasteiger partial charge on any atom is 0.360 e. The van der Waals surface area contributed by atoms with Crippen molar-refractivity contribution in [2.75, 3.05) is 7.11 Å². The van der Waals surface area contributed by atoms with Crippen LogP contribution in [0.3, 0.4) is 0 Å². The number of hydrogen-bond acceptors (Lipinski definition) is 7. The Labute approximate surface area is 154 Å². The SMILES string of the molecule is COC(=O)c1nc(-c2ccccn2)n(C)c(=O)c1OC(=O)c1ccccc1. The molecule has 0 saturated carbocycles. The van der Waals surface area contributed by atoms with E-state index in [0.717, 1.165) is 11.7 Å². The van der Waals surface area contributed by atoms with Gasteiger partial charge >= 0.3 is 11.9 Å². The summed E-state index contributed by atoms with van der Waals surface area (Å²) in [5.74, 6) is -2.05. The van der Waals surface area contributed by atoms with E-state index in [1.54, 1.807) is 36.4 Å². The highest BCUT2D eigenvalue weighted by Crippen LogP contribution is 2.19. The molecule has 0 amide bonds.